The van der Waals surface area contributed by atoms with Crippen LogP contribution in [0, 0.1) is 0 Å². The molecule has 0 aliphatic heterocycles. The van der Waals surface area contributed by atoms with Gasteiger partial charge in [0.2, 0.25) is 0 Å². The van der Waals surface area contributed by atoms with Crippen molar-refractivity contribution in [1.82, 2.24) is 10.2 Å². The fraction of sp³-hybridized carbons (Fsp3) is 0.625. The standard InChI is InChI=1S/C16H27ClN2O/c1-16(2,3)13-6-7-15(14(17)12-13)20-11-9-18-8-10-19(4)5/h6-7,12,18H,8-11H2,1-5H3. The summed E-state index contributed by atoms with van der Waals surface area (Å²) in [6.45, 7) is 9.97. The van der Waals surface area contributed by atoms with Crippen LogP contribution in [0.15, 0.2) is 18.2 Å². The first-order chi connectivity index (χ1) is 9.30. The van der Waals surface area contributed by atoms with E-state index in [0.29, 0.717) is 11.6 Å². The van der Waals surface area contributed by atoms with Crippen molar-refractivity contribution in [2.45, 2.75) is 26.2 Å². The van der Waals surface area contributed by atoms with Gasteiger partial charge in [0, 0.05) is 19.6 Å². The fourth-order valence-electron chi connectivity index (χ4n) is 1.75. The molecule has 0 bridgehead atoms. The van der Waals surface area contributed by atoms with E-state index in [1.54, 1.807) is 0 Å². The Labute approximate surface area is 128 Å². The highest BCUT2D eigenvalue weighted by Gasteiger charge is 2.15. The molecule has 4 heteroatoms. The molecule has 0 amide bonds. The molecule has 3 nitrogen and oxygen atoms in total. The predicted molar refractivity (Wildman–Crippen MR) is 87.1 cm³/mol. The lowest BCUT2D eigenvalue weighted by Crippen LogP contribution is -2.29. The lowest BCUT2D eigenvalue weighted by molar-refractivity contribution is 0.308. The van der Waals surface area contributed by atoms with Gasteiger partial charge in [0.15, 0.2) is 0 Å². The van der Waals surface area contributed by atoms with Gasteiger partial charge in [0.25, 0.3) is 0 Å². The molecule has 1 rings (SSSR count). The highest BCUT2D eigenvalue weighted by atomic mass is 35.5. The number of halogens is 1. The zero-order valence-corrected chi connectivity index (χ0v) is 14.0. The maximum atomic E-state index is 6.27. The summed E-state index contributed by atoms with van der Waals surface area (Å²) in [5.41, 5.74) is 1.33. The molecule has 0 saturated carbocycles. The number of rotatable bonds is 7. The molecule has 0 saturated heterocycles. The van der Waals surface area contributed by atoms with Crippen LogP contribution in [-0.2, 0) is 5.41 Å². The van der Waals surface area contributed by atoms with Crippen molar-refractivity contribution in [2.24, 2.45) is 0 Å². The number of nitrogens with one attached hydrogen (secondary N) is 1. The van der Waals surface area contributed by atoms with Gasteiger partial charge in [0.1, 0.15) is 12.4 Å². The minimum atomic E-state index is 0.107. The van der Waals surface area contributed by atoms with Gasteiger partial charge in [0.05, 0.1) is 5.02 Å². The van der Waals surface area contributed by atoms with E-state index >= 15 is 0 Å². The SMILES string of the molecule is CN(C)CCNCCOc1ccc(C(C)(C)C)cc1Cl. The molecule has 1 aromatic carbocycles. The molecule has 20 heavy (non-hydrogen) atoms. The van der Waals surface area contributed by atoms with Crippen molar-refractivity contribution in [2.75, 3.05) is 40.3 Å². The van der Waals surface area contributed by atoms with Crippen molar-refractivity contribution in [3.05, 3.63) is 28.8 Å². The molecular weight excluding hydrogens is 272 g/mol. The maximum Gasteiger partial charge on any atom is 0.137 e. The van der Waals surface area contributed by atoms with Gasteiger partial charge in [-0.1, -0.05) is 38.4 Å². The van der Waals surface area contributed by atoms with Crippen molar-refractivity contribution in [1.29, 1.82) is 0 Å². The number of likely N-dealkylation sites (N-methyl/N-ethyl adjacent to an activating group) is 1. The van der Waals surface area contributed by atoms with Gasteiger partial charge in [-0.25, -0.2) is 0 Å². The molecule has 114 valence electrons. The van der Waals surface area contributed by atoms with Gasteiger partial charge in [-0.05, 0) is 37.2 Å². The highest BCUT2D eigenvalue weighted by molar-refractivity contribution is 6.32. The van der Waals surface area contributed by atoms with Crippen LogP contribution >= 0.6 is 11.6 Å². The second-order valence-corrected chi connectivity index (χ2v) is 6.70. The van der Waals surface area contributed by atoms with Gasteiger partial charge in [-0.15, -0.1) is 0 Å². The third-order valence-corrected chi connectivity index (χ3v) is 3.37. The van der Waals surface area contributed by atoms with Crippen LogP contribution in [0.25, 0.3) is 0 Å². The molecule has 0 atom stereocenters. The van der Waals surface area contributed by atoms with Crippen LogP contribution in [0.3, 0.4) is 0 Å². The Balaban J connectivity index is 2.38. The number of ether oxygens (including phenoxy) is 1. The Bertz CT molecular complexity index is 413. The third kappa shape index (κ3) is 6.12. The van der Waals surface area contributed by atoms with E-state index in [4.69, 9.17) is 16.3 Å². The molecule has 0 aromatic heterocycles. The zero-order chi connectivity index (χ0) is 15.2. The van der Waals surface area contributed by atoms with Crippen LogP contribution in [0.5, 0.6) is 5.75 Å². The summed E-state index contributed by atoms with van der Waals surface area (Å²) in [6.07, 6.45) is 0. The van der Waals surface area contributed by atoms with Crippen molar-refractivity contribution >= 4 is 11.6 Å². The first-order valence-corrected chi connectivity index (χ1v) is 7.47. The number of hydrogen-bond acceptors (Lipinski definition) is 3. The second kappa shape index (κ2) is 7.87. The minimum Gasteiger partial charge on any atom is -0.491 e. The molecule has 1 N–H and O–H groups in total. The van der Waals surface area contributed by atoms with Crippen molar-refractivity contribution < 1.29 is 4.74 Å². The zero-order valence-electron chi connectivity index (χ0n) is 13.3. The van der Waals surface area contributed by atoms with E-state index in [2.05, 4.69) is 51.1 Å². The summed E-state index contributed by atoms with van der Waals surface area (Å²) in [6, 6.07) is 6.04. The summed E-state index contributed by atoms with van der Waals surface area (Å²) < 4.78 is 5.70. The Kier molecular flexibility index (Phi) is 6.80. The largest absolute Gasteiger partial charge is 0.491 e. The Morgan fingerprint density at radius 3 is 2.45 bits per heavy atom. The molecule has 0 aliphatic carbocycles. The monoisotopic (exact) mass is 298 g/mol. The lowest BCUT2D eigenvalue weighted by Gasteiger charge is -2.20. The first-order valence-electron chi connectivity index (χ1n) is 7.09. The van der Waals surface area contributed by atoms with Crippen molar-refractivity contribution in [3.63, 3.8) is 0 Å². The summed E-state index contributed by atoms with van der Waals surface area (Å²) in [5, 5.41) is 4.02. The van der Waals surface area contributed by atoms with Crippen LogP contribution in [0.2, 0.25) is 5.02 Å². The molecular formula is C16H27ClN2O. The summed E-state index contributed by atoms with van der Waals surface area (Å²) in [4.78, 5) is 2.15. The average molecular weight is 299 g/mol. The molecule has 0 unspecified atom stereocenters. The van der Waals surface area contributed by atoms with Gasteiger partial charge in [-0.2, -0.15) is 0 Å². The summed E-state index contributed by atoms with van der Waals surface area (Å²) in [7, 11) is 4.13. The molecule has 0 heterocycles. The highest BCUT2D eigenvalue weighted by Crippen LogP contribution is 2.31. The van der Waals surface area contributed by atoms with Gasteiger partial charge < -0.3 is 15.0 Å². The van der Waals surface area contributed by atoms with Crippen LogP contribution in [-0.4, -0.2) is 45.2 Å². The van der Waals surface area contributed by atoms with Crippen LogP contribution in [0.4, 0.5) is 0 Å². The average Bonchev–Trinajstić information content (AvgIpc) is 2.33. The molecule has 0 radical (unpaired) electrons. The van der Waals surface area contributed by atoms with Gasteiger partial charge in [-0.3, -0.25) is 0 Å². The molecule has 0 spiro atoms. The summed E-state index contributed by atoms with van der Waals surface area (Å²) >= 11 is 6.27. The number of nitrogens with zero attached hydrogens (tertiary/aromatic N) is 1. The smallest absolute Gasteiger partial charge is 0.137 e. The number of hydrogen-bond donors (Lipinski definition) is 1. The Morgan fingerprint density at radius 2 is 1.90 bits per heavy atom. The predicted octanol–water partition coefficient (Wildman–Crippen LogP) is 3.17. The Morgan fingerprint density at radius 1 is 1.20 bits per heavy atom. The van der Waals surface area contributed by atoms with E-state index < -0.39 is 0 Å². The van der Waals surface area contributed by atoms with Crippen molar-refractivity contribution in [3.8, 4) is 5.75 Å². The van der Waals surface area contributed by atoms with E-state index in [1.807, 2.05) is 12.1 Å². The topological polar surface area (TPSA) is 24.5 Å². The second-order valence-electron chi connectivity index (χ2n) is 6.30. The lowest BCUT2D eigenvalue weighted by atomic mass is 9.87. The first kappa shape index (κ1) is 17.3. The third-order valence-electron chi connectivity index (χ3n) is 3.07. The Hall–Kier alpha value is -0.770. The quantitative estimate of drug-likeness (QED) is 0.783. The summed E-state index contributed by atoms with van der Waals surface area (Å²) in [5.74, 6) is 0.758. The van der Waals surface area contributed by atoms with Crippen LogP contribution < -0.4 is 10.1 Å². The van der Waals surface area contributed by atoms with E-state index in [9.17, 15) is 0 Å². The van der Waals surface area contributed by atoms with E-state index in [1.165, 1.54) is 5.56 Å². The molecule has 0 fully saturated rings. The normalized spacial score (nSPS) is 11.9. The van der Waals surface area contributed by atoms with Gasteiger partial charge >= 0.3 is 0 Å². The van der Waals surface area contributed by atoms with E-state index in [0.717, 1.165) is 25.4 Å². The number of benzene rings is 1. The fourth-order valence-corrected chi connectivity index (χ4v) is 1.98. The van der Waals surface area contributed by atoms with Crippen LogP contribution in [0.1, 0.15) is 26.3 Å². The van der Waals surface area contributed by atoms with E-state index in [-0.39, 0.29) is 5.41 Å². The molecule has 1 aromatic rings. The maximum absolute atomic E-state index is 6.27. The molecule has 0 aliphatic rings. The minimum absolute atomic E-state index is 0.107.